The summed E-state index contributed by atoms with van der Waals surface area (Å²) in [5.74, 6) is 0.302. The molecule has 2 aromatic carbocycles. The number of ether oxygens (including phenoxy) is 1. The molecule has 0 aliphatic carbocycles. The maximum Gasteiger partial charge on any atom is 0.305 e. The van der Waals surface area contributed by atoms with Crippen LogP contribution in [0.3, 0.4) is 0 Å². The second-order valence-corrected chi connectivity index (χ2v) is 6.13. The van der Waals surface area contributed by atoms with E-state index in [1.807, 2.05) is 55.5 Å². The van der Waals surface area contributed by atoms with Crippen molar-refractivity contribution >= 4 is 11.8 Å². The molecule has 132 valence electrons. The number of ketones is 1. The standard InChI is InChI=1S/C22H26O3/c1-2-25-22(24)17-16-19(18-10-5-3-6-11-18)14-9-15-21(23)20-12-7-4-8-13-20/h3-8,10-13,19H,2,9,14-17H2,1H3. The Kier molecular flexibility index (Phi) is 7.90. The van der Waals surface area contributed by atoms with Crippen molar-refractivity contribution in [2.24, 2.45) is 0 Å². The molecular formula is C22H26O3. The molecule has 1 atom stereocenters. The fraction of sp³-hybridized carbons (Fsp3) is 0.364. The van der Waals surface area contributed by atoms with Gasteiger partial charge in [-0.2, -0.15) is 0 Å². The molecule has 2 rings (SSSR count). The minimum absolute atomic E-state index is 0.149. The van der Waals surface area contributed by atoms with Crippen LogP contribution in [0, 0.1) is 0 Å². The Hall–Kier alpha value is -2.42. The van der Waals surface area contributed by atoms with Crippen LogP contribution in [0.25, 0.3) is 0 Å². The maximum atomic E-state index is 12.2. The van der Waals surface area contributed by atoms with E-state index in [9.17, 15) is 9.59 Å². The van der Waals surface area contributed by atoms with Gasteiger partial charge in [0.2, 0.25) is 0 Å². The molecule has 2 aromatic rings. The Bertz CT molecular complexity index is 649. The molecule has 25 heavy (non-hydrogen) atoms. The van der Waals surface area contributed by atoms with Crippen LogP contribution in [-0.4, -0.2) is 18.4 Å². The number of carbonyl (C=O) groups excluding carboxylic acids is 2. The van der Waals surface area contributed by atoms with Crippen LogP contribution < -0.4 is 0 Å². The van der Waals surface area contributed by atoms with Gasteiger partial charge in [-0.25, -0.2) is 0 Å². The lowest BCUT2D eigenvalue weighted by Crippen LogP contribution is -2.08. The van der Waals surface area contributed by atoms with Crippen LogP contribution >= 0.6 is 0 Å². The Balaban J connectivity index is 1.89. The van der Waals surface area contributed by atoms with E-state index in [-0.39, 0.29) is 17.7 Å². The second kappa shape index (κ2) is 10.4. The average Bonchev–Trinajstić information content (AvgIpc) is 2.66. The van der Waals surface area contributed by atoms with Crippen molar-refractivity contribution in [1.82, 2.24) is 0 Å². The first-order chi connectivity index (χ1) is 12.2. The third-order valence-corrected chi connectivity index (χ3v) is 4.33. The zero-order valence-electron chi connectivity index (χ0n) is 14.8. The smallest absolute Gasteiger partial charge is 0.305 e. The highest BCUT2D eigenvalue weighted by molar-refractivity contribution is 5.95. The largest absolute Gasteiger partial charge is 0.466 e. The fourth-order valence-corrected chi connectivity index (χ4v) is 3.01. The first-order valence-corrected chi connectivity index (χ1v) is 8.99. The topological polar surface area (TPSA) is 43.4 Å². The SMILES string of the molecule is CCOC(=O)CCC(CCCC(=O)c1ccccc1)c1ccccc1. The van der Waals surface area contributed by atoms with Crippen LogP contribution in [0.4, 0.5) is 0 Å². The first kappa shape index (κ1) is 18.9. The van der Waals surface area contributed by atoms with Crippen LogP contribution in [0.15, 0.2) is 60.7 Å². The number of benzene rings is 2. The Labute approximate surface area is 150 Å². The van der Waals surface area contributed by atoms with Crippen molar-refractivity contribution in [3.63, 3.8) is 0 Å². The highest BCUT2D eigenvalue weighted by Crippen LogP contribution is 2.27. The van der Waals surface area contributed by atoms with Crippen molar-refractivity contribution < 1.29 is 14.3 Å². The summed E-state index contributed by atoms with van der Waals surface area (Å²) in [5, 5.41) is 0. The fourth-order valence-electron chi connectivity index (χ4n) is 3.01. The molecule has 0 aliphatic rings. The predicted octanol–water partition coefficient (Wildman–Crippen LogP) is 5.17. The summed E-state index contributed by atoms with van der Waals surface area (Å²) >= 11 is 0. The van der Waals surface area contributed by atoms with Crippen molar-refractivity contribution in [2.45, 2.75) is 44.9 Å². The second-order valence-electron chi connectivity index (χ2n) is 6.13. The van der Waals surface area contributed by atoms with E-state index in [4.69, 9.17) is 4.74 Å². The maximum absolute atomic E-state index is 12.2. The van der Waals surface area contributed by atoms with Gasteiger partial charge in [-0.15, -0.1) is 0 Å². The Morgan fingerprint density at radius 2 is 1.52 bits per heavy atom. The normalized spacial score (nSPS) is 11.7. The molecule has 0 saturated heterocycles. The van der Waals surface area contributed by atoms with Crippen LogP contribution in [-0.2, 0) is 9.53 Å². The number of carbonyl (C=O) groups is 2. The number of esters is 1. The minimum atomic E-state index is -0.149. The Morgan fingerprint density at radius 1 is 0.880 bits per heavy atom. The van der Waals surface area contributed by atoms with E-state index in [1.54, 1.807) is 0 Å². The van der Waals surface area contributed by atoms with Crippen LogP contribution in [0.5, 0.6) is 0 Å². The van der Waals surface area contributed by atoms with Gasteiger partial charge in [0.15, 0.2) is 5.78 Å². The Morgan fingerprint density at radius 3 is 2.16 bits per heavy atom. The number of Topliss-reactive ketones (excluding diaryl/α,β-unsaturated/α-hetero) is 1. The molecule has 0 heterocycles. The quantitative estimate of drug-likeness (QED) is 0.443. The summed E-state index contributed by atoms with van der Waals surface area (Å²) in [6, 6.07) is 19.6. The van der Waals surface area contributed by atoms with Gasteiger partial charge in [0.05, 0.1) is 6.61 Å². The predicted molar refractivity (Wildman–Crippen MR) is 99.7 cm³/mol. The van der Waals surface area contributed by atoms with Gasteiger partial charge in [-0.05, 0) is 37.7 Å². The molecule has 0 amide bonds. The van der Waals surface area contributed by atoms with Crippen LogP contribution in [0.2, 0.25) is 0 Å². The van der Waals surface area contributed by atoms with Gasteiger partial charge in [-0.1, -0.05) is 60.7 Å². The van der Waals surface area contributed by atoms with Gasteiger partial charge in [-0.3, -0.25) is 9.59 Å². The van der Waals surface area contributed by atoms with Gasteiger partial charge < -0.3 is 4.74 Å². The summed E-state index contributed by atoms with van der Waals surface area (Å²) < 4.78 is 5.04. The lowest BCUT2D eigenvalue weighted by Gasteiger charge is -2.17. The summed E-state index contributed by atoms with van der Waals surface area (Å²) in [4.78, 5) is 23.9. The van der Waals surface area contributed by atoms with E-state index in [1.165, 1.54) is 5.56 Å². The molecule has 0 fully saturated rings. The highest BCUT2D eigenvalue weighted by atomic mass is 16.5. The van der Waals surface area contributed by atoms with E-state index < -0.39 is 0 Å². The van der Waals surface area contributed by atoms with E-state index in [0.29, 0.717) is 19.4 Å². The third kappa shape index (κ3) is 6.54. The lowest BCUT2D eigenvalue weighted by atomic mass is 9.89. The molecule has 0 saturated carbocycles. The average molecular weight is 338 g/mol. The molecule has 3 heteroatoms. The molecule has 0 bridgehead atoms. The molecule has 0 aromatic heterocycles. The third-order valence-electron chi connectivity index (χ3n) is 4.33. The zero-order valence-corrected chi connectivity index (χ0v) is 14.8. The summed E-state index contributed by atoms with van der Waals surface area (Å²) in [6.45, 7) is 2.24. The first-order valence-electron chi connectivity index (χ1n) is 8.99. The molecule has 1 unspecified atom stereocenters. The molecular weight excluding hydrogens is 312 g/mol. The monoisotopic (exact) mass is 338 g/mol. The van der Waals surface area contributed by atoms with Gasteiger partial charge in [0, 0.05) is 18.4 Å². The number of hydrogen-bond donors (Lipinski definition) is 0. The summed E-state index contributed by atoms with van der Waals surface area (Å²) in [6.07, 6.45) is 3.41. The zero-order chi connectivity index (χ0) is 17.9. The van der Waals surface area contributed by atoms with Crippen molar-refractivity contribution in [2.75, 3.05) is 6.61 Å². The number of rotatable bonds is 10. The summed E-state index contributed by atoms with van der Waals surface area (Å²) in [5.41, 5.74) is 1.99. The van der Waals surface area contributed by atoms with E-state index >= 15 is 0 Å². The van der Waals surface area contributed by atoms with E-state index in [0.717, 1.165) is 24.8 Å². The minimum Gasteiger partial charge on any atom is -0.466 e. The summed E-state index contributed by atoms with van der Waals surface area (Å²) in [7, 11) is 0. The lowest BCUT2D eigenvalue weighted by molar-refractivity contribution is -0.143. The molecule has 0 spiro atoms. The molecule has 3 nitrogen and oxygen atoms in total. The molecule has 0 radical (unpaired) electrons. The van der Waals surface area contributed by atoms with Crippen molar-refractivity contribution in [1.29, 1.82) is 0 Å². The molecule has 0 aliphatic heterocycles. The van der Waals surface area contributed by atoms with Crippen molar-refractivity contribution in [3.05, 3.63) is 71.8 Å². The van der Waals surface area contributed by atoms with Crippen molar-refractivity contribution in [3.8, 4) is 0 Å². The number of hydrogen-bond acceptors (Lipinski definition) is 3. The highest BCUT2D eigenvalue weighted by Gasteiger charge is 2.15. The van der Waals surface area contributed by atoms with Gasteiger partial charge in [0.25, 0.3) is 0 Å². The van der Waals surface area contributed by atoms with Crippen LogP contribution in [0.1, 0.15) is 60.9 Å². The van der Waals surface area contributed by atoms with Gasteiger partial charge in [0.1, 0.15) is 0 Å². The van der Waals surface area contributed by atoms with Gasteiger partial charge >= 0.3 is 5.97 Å². The molecule has 0 N–H and O–H groups in total. The van der Waals surface area contributed by atoms with E-state index in [2.05, 4.69) is 12.1 Å².